The largest absolute Gasteiger partial charge is 0.424 e. The number of carbonyl (C=O) groups excluding carboxylic acids is 1. The number of fused-ring (bicyclic) bond motifs is 1. The highest BCUT2D eigenvalue weighted by Crippen LogP contribution is 2.44. The van der Waals surface area contributed by atoms with E-state index < -0.39 is 29.1 Å². The van der Waals surface area contributed by atoms with Gasteiger partial charge in [0.25, 0.3) is 0 Å². The number of aromatic nitrogens is 1. The number of nitrogens with one attached hydrogen (secondary N) is 1. The average Bonchev–Trinajstić information content (AvgIpc) is 2.85. The fourth-order valence-electron chi connectivity index (χ4n) is 3.28. The Bertz CT molecular complexity index is 736. The Morgan fingerprint density at radius 3 is 2.46 bits per heavy atom. The summed E-state index contributed by atoms with van der Waals surface area (Å²) in [5.74, 6) is -0.795. The standard InChI is InChI=1S/C18H21F3N2O2S/c19-18(20,21)17(25,16-23-13-9-5-6-10-14(13)26-16)11-15(24)22-12-7-3-1-2-4-8-12/h5-6,9-10,12,25H,1-4,7-8,11H2,(H,22,24). The van der Waals surface area contributed by atoms with Gasteiger partial charge in [-0.1, -0.05) is 37.8 Å². The molecule has 2 N–H and O–H groups in total. The molecule has 142 valence electrons. The van der Waals surface area contributed by atoms with Gasteiger partial charge in [0.1, 0.15) is 5.01 Å². The third-order valence-electron chi connectivity index (χ3n) is 4.75. The van der Waals surface area contributed by atoms with Crippen LogP contribution in [0.2, 0.25) is 0 Å². The summed E-state index contributed by atoms with van der Waals surface area (Å²) < 4.78 is 41.5. The van der Waals surface area contributed by atoms with Gasteiger partial charge in [-0.05, 0) is 25.0 Å². The van der Waals surface area contributed by atoms with Gasteiger partial charge in [-0.2, -0.15) is 13.2 Å². The molecule has 26 heavy (non-hydrogen) atoms. The van der Waals surface area contributed by atoms with E-state index in [0.717, 1.165) is 49.9 Å². The lowest BCUT2D eigenvalue weighted by atomic mass is 9.98. The van der Waals surface area contributed by atoms with Crippen LogP contribution in [0.1, 0.15) is 50.0 Å². The summed E-state index contributed by atoms with van der Waals surface area (Å²) in [7, 11) is 0. The van der Waals surface area contributed by atoms with Crippen molar-refractivity contribution in [2.24, 2.45) is 0 Å². The summed E-state index contributed by atoms with van der Waals surface area (Å²) in [5.41, 5.74) is -2.91. The molecule has 1 saturated carbocycles. The molecule has 0 bridgehead atoms. The highest BCUT2D eigenvalue weighted by Gasteiger charge is 2.58. The summed E-state index contributed by atoms with van der Waals surface area (Å²) in [6.45, 7) is 0. The van der Waals surface area contributed by atoms with E-state index in [-0.39, 0.29) is 6.04 Å². The van der Waals surface area contributed by atoms with Gasteiger partial charge < -0.3 is 10.4 Å². The Morgan fingerprint density at radius 1 is 1.19 bits per heavy atom. The van der Waals surface area contributed by atoms with Crippen molar-refractivity contribution < 1.29 is 23.1 Å². The van der Waals surface area contributed by atoms with Crippen molar-refractivity contribution in [3.05, 3.63) is 29.3 Å². The molecule has 1 unspecified atom stereocenters. The molecule has 1 heterocycles. The molecule has 0 saturated heterocycles. The first-order chi connectivity index (χ1) is 12.3. The fourth-order valence-corrected chi connectivity index (χ4v) is 4.35. The third-order valence-corrected chi connectivity index (χ3v) is 5.94. The van der Waals surface area contributed by atoms with Crippen LogP contribution in [-0.2, 0) is 10.4 Å². The Balaban J connectivity index is 1.82. The lowest BCUT2D eigenvalue weighted by molar-refractivity contribution is -0.267. The van der Waals surface area contributed by atoms with Gasteiger partial charge in [-0.3, -0.25) is 4.79 Å². The van der Waals surface area contributed by atoms with Gasteiger partial charge in [0, 0.05) is 6.04 Å². The van der Waals surface area contributed by atoms with Crippen molar-refractivity contribution in [1.82, 2.24) is 10.3 Å². The maximum Gasteiger partial charge on any atom is 0.424 e. The summed E-state index contributed by atoms with van der Waals surface area (Å²) >= 11 is 0.761. The minimum Gasteiger partial charge on any atom is -0.374 e. The van der Waals surface area contributed by atoms with Crippen molar-refractivity contribution >= 4 is 27.5 Å². The Hall–Kier alpha value is -1.67. The minimum absolute atomic E-state index is 0.127. The molecule has 0 radical (unpaired) electrons. The van der Waals surface area contributed by atoms with E-state index >= 15 is 0 Å². The number of carbonyl (C=O) groups is 1. The Kier molecular flexibility index (Phi) is 5.53. The zero-order chi connectivity index (χ0) is 18.8. The van der Waals surface area contributed by atoms with Crippen molar-refractivity contribution in [2.45, 2.75) is 62.8 Å². The molecule has 1 aliphatic rings. The summed E-state index contributed by atoms with van der Waals surface area (Å²) in [6.07, 6.45) is -0.503. The predicted octanol–water partition coefficient (Wildman–Crippen LogP) is 4.28. The minimum atomic E-state index is -5.00. The first-order valence-electron chi connectivity index (χ1n) is 8.74. The van der Waals surface area contributed by atoms with Crippen molar-refractivity contribution in [1.29, 1.82) is 0 Å². The van der Waals surface area contributed by atoms with E-state index in [1.807, 2.05) is 0 Å². The number of amides is 1. The van der Waals surface area contributed by atoms with Crippen molar-refractivity contribution in [2.75, 3.05) is 0 Å². The highest BCUT2D eigenvalue weighted by molar-refractivity contribution is 7.18. The first-order valence-corrected chi connectivity index (χ1v) is 9.56. The topological polar surface area (TPSA) is 62.2 Å². The maximum atomic E-state index is 13.7. The van der Waals surface area contributed by atoms with E-state index in [2.05, 4.69) is 10.3 Å². The number of alkyl halides is 3. The third kappa shape index (κ3) is 4.01. The molecule has 1 amide bonds. The number of nitrogens with zero attached hydrogens (tertiary/aromatic N) is 1. The van der Waals surface area contributed by atoms with Crippen LogP contribution in [0.25, 0.3) is 10.2 Å². The molecule has 1 atom stereocenters. The monoisotopic (exact) mass is 386 g/mol. The van der Waals surface area contributed by atoms with Crippen LogP contribution in [-0.4, -0.2) is 28.2 Å². The van der Waals surface area contributed by atoms with Crippen LogP contribution in [0.5, 0.6) is 0 Å². The number of aliphatic hydroxyl groups is 1. The zero-order valence-electron chi connectivity index (χ0n) is 14.2. The number of thiazole rings is 1. The van der Waals surface area contributed by atoms with E-state index in [4.69, 9.17) is 0 Å². The van der Waals surface area contributed by atoms with E-state index in [1.165, 1.54) is 0 Å². The van der Waals surface area contributed by atoms with Crippen LogP contribution in [0, 0.1) is 0 Å². The summed E-state index contributed by atoms with van der Waals surface area (Å²) in [4.78, 5) is 16.2. The van der Waals surface area contributed by atoms with Crippen molar-refractivity contribution in [3.8, 4) is 0 Å². The number of hydrogen-bond donors (Lipinski definition) is 2. The molecular weight excluding hydrogens is 365 g/mol. The molecule has 1 aromatic carbocycles. The summed E-state index contributed by atoms with van der Waals surface area (Å²) in [5, 5.41) is 12.6. The second-order valence-corrected chi connectivity index (χ2v) is 7.81. The highest BCUT2D eigenvalue weighted by atomic mass is 32.1. The molecule has 8 heteroatoms. The van der Waals surface area contributed by atoms with Crippen LogP contribution in [0.3, 0.4) is 0 Å². The summed E-state index contributed by atoms with van der Waals surface area (Å²) in [6, 6.07) is 6.45. The molecule has 0 aliphatic heterocycles. The predicted molar refractivity (Wildman–Crippen MR) is 93.8 cm³/mol. The molecule has 4 nitrogen and oxygen atoms in total. The van der Waals surface area contributed by atoms with Crippen LogP contribution in [0.15, 0.2) is 24.3 Å². The maximum absolute atomic E-state index is 13.7. The molecular formula is C18H21F3N2O2S. The smallest absolute Gasteiger partial charge is 0.374 e. The number of para-hydroxylation sites is 1. The van der Waals surface area contributed by atoms with E-state index in [0.29, 0.717) is 10.2 Å². The normalized spacial score (nSPS) is 19.1. The van der Waals surface area contributed by atoms with Crippen molar-refractivity contribution in [3.63, 3.8) is 0 Å². The van der Waals surface area contributed by atoms with Crippen LogP contribution in [0.4, 0.5) is 13.2 Å². The van der Waals surface area contributed by atoms with Crippen LogP contribution < -0.4 is 5.32 Å². The number of benzene rings is 1. The molecule has 0 spiro atoms. The number of halogens is 3. The average molecular weight is 386 g/mol. The van der Waals surface area contributed by atoms with Gasteiger partial charge in [0.05, 0.1) is 16.6 Å². The lowest BCUT2D eigenvalue weighted by Gasteiger charge is -2.28. The second kappa shape index (κ2) is 7.52. The first kappa shape index (κ1) is 19.1. The number of hydrogen-bond acceptors (Lipinski definition) is 4. The number of rotatable bonds is 4. The lowest BCUT2D eigenvalue weighted by Crippen LogP contribution is -2.47. The van der Waals surface area contributed by atoms with Gasteiger partial charge >= 0.3 is 6.18 Å². The Morgan fingerprint density at radius 2 is 1.85 bits per heavy atom. The molecule has 1 aliphatic carbocycles. The quantitative estimate of drug-likeness (QED) is 0.771. The van der Waals surface area contributed by atoms with Gasteiger partial charge in [0.15, 0.2) is 0 Å². The molecule has 2 aromatic rings. The van der Waals surface area contributed by atoms with Gasteiger partial charge in [-0.15, -0.1) is 11.3 Å². The van der Waals surface area contributed by atoms with E-state index in [1.54, 1.807) is 24.3 Å². The van der Waals surface area contributed by atoms with Gasteiger partial charge in [0.2, 0.25) is 11.5 Å². The second-order valence-electron chi connectivity index (χ2n) is 6.78. The molecule has 1 aromatic heterocycles. The van der Waals surface area contributed by atoms with E-state index in [9.17, 15) is 23.1 Å². The molecule has 1 fully saturated rings. The molecule has 3 rings (SSSR count). The SMILES string of the molecule is O=C(CC(O)(c1nc2ccccc2s1)C(F)(F)F)NC1CCCCCC1. The van der Waals surface area contributed by atoms with Crippen LogP contribution >= 0.6 is 11.3 Å². The fraction of sp³-hybridized carbons (Fsp3) is 0.556. The zero-order valence-corrected chi connectivity index (χ0v) is 15.0. The van der Waals surface area contributed by atoms with Gasteiger partial charge in [-0.25, -0.2) is 4.98 Å². The Labute approximate surface area is 153 Å².